The van der Waals surface area contributed by atoms with Gasteiger partial charge in [-0.25, -0.2) is 4.98 Å². The number of rotatable bonds is 6. The van der Waals surface area contributed by atoms with Crippen LogP contribution in [0, 0.1) is 0 Å². The van der Waals surface area contributed by atoms with Crippen LogP contribution in [0.1, 0.15) is 26.0 Å². The molecule has 0 aliphatic rings. The lowest BCUT2D eigenvalue weighted by atomic mass is 10.3. The van der Waals surface area contributed by atoms with E-state index in [-0.39, 0.29) is 6.54 Å². The molecule has 0 saturated heterocycles. The number of hydrogen-bond acceptors (Lipinski definition) is 4. The summed E-state index contributed by atoms with van der Waals surface area (Å²) in [6.45, 7) is 4.53. The first-order valence-corrected chi connectivity index (χ1v) is 7.61. The summed E-state index contributed by atoms with van der Waals surface area (Å²) in [6.07, 6.45) is -3.10. The van der Waals surface area contributed by atoms with Gasteiger partial charge in [0.05, 0.1) is 12.1 Å². The van der Waals surface area contributed by atoms with Crippen molar-refractivity contribution >= 4 is 22.1 Å². The Morgan fingerprint density at radius 3 is 2.76 bits per heavy atom. The third-order valence-corrected chi connectivity index (χ3v) is 3.87. The van der Waals surface area contributed by atoms with E-state index < -0.39 is 12.6 Å². The highest BCUT2D eigenvalue weighted by Gasteiger charge is 2.28. The highest BCUT2D eigenvalue weighted by Crippen LogP contribution is 2.26. The first kappa shape index (κ1) is 16.1. The standard InChI is InChI=1S/C13H19F3N4S/c1-9(2)17-8-10-11(18-12-20(10)6-7-21-12)19(3)5-4-13(14,15)16/h6-7,9,17H,4-5,8H2,1-3H3. The monoisotopic (exact) mass is 320 g/mol. The molecule has 0 unspecified atom stereocenters. The second kappa shape index (κ2) is 6.23. The van der Waals surface area contributed by atoms with E-state index in [1.807, 2.05) is 29.8 Å². The van der Waals surface area contributed by atoms with Gasteiger partial charge in [0, 0.05) is 37.8 Å². The van der Waals surface area contributed by atoms with E-state index in [1.165, 1.54) is 11.3 Å². The van der Waals surface area contributed by atoms with E-state index in [1.54, 1.807) is 11.9 Å². The smallest absolute Gasteiger partial charge is 0.358 e. The van der Waals surface area contributed by atoms with Crippen LogP contribution in [0.25, 0.3) is 4.96 Å². The number of anilines is 1. The Labute approximate surface area is 125 Å². The van der Waals surface area contributed by atoms with Gasteiger partial charge in [-0.3, -0.25) is 4.40 Å². The van der Waals surface area contributed by atoms with Gasteiger partial charge in [-0.1, -0.05) is 13.8 Å². The van der Waals surface area contributed by atoms with Crippen LogP contribution >= 0.6 is 11.3 Å². The van der Waals surface area contributed by atoms with Crippen LogP contribution in [0.15, 0.2) is 11.6 Å². The second-order valence-corrected chi connectivity index (χ2v) is 6.13. The Kier molecular flexibility index (Phi) is 4.77. The summed E-state index contributed by atoms with van der Waals surface area (Å²) in [7, 11) is 1.65. The van der Waals surface area contributed by atoms with Crippen molar-refractivity contribution in [3.63, 3.8) is 0 Å². The van der Waals surface area contributed by atoms with Gasteiger partial charge >= 0.3 is 6.18 Å². The minimum absolute atomic E-state index is 0.0942. The molecule has 0 bridgehead atoms. The predicted octanol–water partition coefficient (Wildman–Crippen LogP) is 3.28. The van der Waals surface area contributed by atoms with Gasteiger partial charge in [-0.2, -0.15) is 13.2 Å². The van der Waals surface area contributed by atoms with Gasteiger partial charge in [0.1, 0.15) is 0 Å². The van der Waals surface area contributed by atoms with Crippen molar-refractivity contribution in [1.29, 1.82) is 0 Å². The number of imidazole rings is 1. The molecular weight excluding hydrogens is 301 g/mol. The van der Waals surface area contributed by atoms with E-state index in [0.29, 0.717) is 18.4 Å². The van der Waals surface area contributed by atoms with Crippen molar-refractivity contribution in [1.82, 2.24) is 14.7 Å². The average Bonchev–Trinajstić information content (AvgIpc) is 2.92. The summed E-state index contributed by atoms with van der Waals surface area (Å²) in [4.78, 5) is 6.82. The van der Waals surface area contributed by atoms with Gasteiger partial charge in [-0.05, 0) is 0 Å². The Hall–Kier alpha value is -1.28. The minimum atomic E-state index is -4.15. The molecule has 118 valence electrons. The molecule has 0 aliphatic carbocycles. The van der Waals surface area contributed by atoms with Crippen molar-refractivity contribution in [3.05, 3.63) is 17.3 Å². The Morgan fingerprint density at radius 1 is 1.43 bits per heavy atom. The number of aromatic nitrogens is 2. The zero-order chi connectivity index (χ0) is 15.6. The largest absolute Gasteiger partial charge is 0.390 e. The SMILES string of the molecule is CC(C)NCc1c(N(C)CCC(F)(F)F)nc2sccn12. The van der Waals surface area contributed by atoms with Crippen LogP contribution in [-0.4, -0.2) is 35.2 Å². The Morgan fingerprint density at radius 2 is 2.14 bits per heavy atom. The van der Waals surface area contributed by atoms with Gasteiger partial charge in [0.15, 0.2) is 10.8 Å². The third-order valence-electron chi connectivity index (χ3n) is 3.11. The average molecular weight is 320 g/mol. The zero-order valence-corrected chi connectivity index (χ0v) is 13.1. The van der Waals surface area contributed by atoms with E-state index in [0.717, 1.165) is 10.7 Å². The topological polar surface area (TPSA) is 32.6 Å². The molecule has 0 fully saturated rings. The molecular formula is C13H19F3N4S. The first-order valence-electron chi connectivity index (χ1n) is 6.73. The van der Waals surface area contributed by atoms with Crippen molar-refractivity contribution in [2.75, 3.05) is 18.5 Å². The summed E-state index contributed by atoms with van der Waals surface area (Å²) in [6, 6.07) is 0.294. The summed E-state index contributed by atoms with van der Waals surface area (Å²) in [5, 5.41) is 5.21. The van der Waals surface area contributed by atoms with Crippen LogP contribution in [0.2, 0.25) is 0 Å². The number of hydrogen-bond donors (Lipinski definition) is 1. The second-order valence-electron chi connectivity index (χ2n) is 5.26. The zero-order valence-electron chi connectivity index (χ0n) is 12.2. The van der Waals surface area contributed by atoms with E-state index in [2.05, 4.69) is 10.3 Å². The molecule has 2 aromatic rings. The van der Waals surface area contributed by atoms with Gasteiger partial charge in [0.25, 0.3) is 0 Å². The van der Waals surface area contributed by atoms with Gasteiger partial charge in [0.2, 0.25) is 0 Å². The fourth-order valence-electron chi connectivity index (χ4n) is 1.99. The summed E-state index contributed by atoms with van der Waals surface area (Å²) >= 11 is 1.47. The molecule has 4 nitrogen and oxygen atoms in total. The van der Waals surface area contributed by atoms with Gasteiger partial charge < -0.3 is 10.2 Å². The fraction of sp³-hybridized carbons (Fsp3) is 0.615. The molecule has 0 aliphatic heterocycles. The Bertz CT molecular complexity index is 588. The molecule has 2 aromatic heterocycles. The number of nitrogens with zero attached hydrogens (tertiary/aromatic N) is 3. The molecule has 2 heterocycles. The molecule has 0 aromatic carbocycles. The molecule has 1 N–H and O–H groups in total. The Balaban J connectivity index is 2.20. The quantitative estimate of drug-likeness (QED) is 0.886. The van der Waals surface area contributed by atoms with Crippen molar-refractivity contribution in [2.24, 2.45) is 0 Å². The van der Waals surface area contributed by atoms with E-state index in [9.17, 15) is 13.2 Å². The molecule has 0 spiro atoms. The molecule has 21 heavy (non-hydrogen) atoms. The lowest BCUT2D eigenvalue weighted by Crippen LogP contribution is -2.27. The van der Waals surface area contributed by atoms with Crippen molar-refractivity contribution in [3.8, 4) is 0 Å². The molecule has 0 saturated carbocycles. The van der Waals surface area contributed by atoms with Crippen LogP contribution in [0.4, 0.5) is 19.0 Å². The maximum absolute atomic E-state index is 12.4. The van der Waals surface area contributed by atoms with Crippen LogP contribution in [0.3, 0.4) is 0 Å². The summed E-state index contributed by atoms with van der Waals surface area (Å²) in [5.74, 6) is 0.610. The maximum atomic E-state index is 12.4. The van der Waals surface area contributed by atoms with Gasteiger partial charge in [-0.15, -0.1) is 11.3 Å². The van der Waals surface area contributed by atoms with Crippen molar-refractivity contribution in [2.45, 2.75) is 39.0 Å². The lowest BCUT2D eigenvalue weighted by molar-refractivity contribution is -0.132. The maximum Gasteiger partial charge on any atom is 0.390 e. The molecule has 0 amide bonds. The third kappa shape index (κ3) is 4.10. The highest BCUT2D eigenvalue weighted by molar-refractivity contribution is 7.15. The first-order chi connectivity index (χ1) is 9.78. The molecule has 2 rings (SSSR count). The predicted molar refractivity (Wildman–Crippen MR) is 79.0 cm³/mol. The van der Waals surface area contributed by atoms with E-state index in [4.69, 9.17) is 0 Å². The normalized spacial score (nSPS) is 12.5. The summed E-state index contributed by atoms with van der Waals surface area (Å²) < 4.78 is 39.0. The minimum Gasteiger partial charge on any atom is -0.358 e. The van der Waals surface area contributed by atoms with Crippen LogP contribution in [0.5, 0.6) is 0 Å². The number of alkyl halides is 3. The number of nitrogens with one attached hydrogen (secondary N) is 1. The fourth-order valence-corrected chi connectivity index (χ4v) is 2.72. The molecule has 8 heteroatoms. The molecule has 0 atom stereocenters. The van der Waals surface area contributed by atoms with Crippen LogP contribution < -0.4 is 10.2 Å². The lowest BCUT2D eigenvalue weighted by Gasteiger charge is -2.20. The number of halogens is 3. The van der Waals surface area contributed by atoms with E-state index >= 15 is 0 Å². The van der Waals surface area contributed by atoms with Crippen LogP contribution in [-0.2, 0) is 6.54 Å². The summed E-state index contributed by atoms with van der Waals surface area (Å²) in [5.41, 5.74) is 0.893. The highest BCUT2D eigenvalue weighted by atomic mass is 32.1. The number of fused-ring (bicyclic) bond motifs is 1. The number of thiazole rings is 1. The molecule has 0 radical (unpaired) electrons. The van der Waals surface area contributed by atoms with Crippen molar-refractivity contribution < 1.29 is 13.2 Å².